The normalized spacial score (nSPS) is 20.4. The van der Waals surface area contributed by atoms with Crippen LogP contribution < -0.4 is 0 Å². The molecule has 2 aromatic rings. The molecule has 0 aliphatic heterocycles. The van der Waals surface area contributed by atoms with Gasteiger partial charge < -0.3 is 0 Å². The fraction of sp³-hybridized carbons (Fsp3) is 0.444. The molecule has 1 aromatic heterocycles. The molecule has 0 atom stereocenters. The lowest BCUT2D eigenvalue weighted by Crippen LogP contribution is -2.28. The van der Waals surface area contributed by atoms with Gasteiger partial charge in [-0.1, -0.05) is 32.0 Å². The molecule has 0 radical (unpaired) electrons. The summed E-state index contributed by atoms with van der Waals surface area (Å²) in [5.41, 5.74) is 4.18. The Balaban J connectivity index is 1.93. The Hall–Kier alpha value is -1.90. The lowest BCUT2D eigenvalue weighted by atomic mass is 9.75. The Bertz CT molecular complexity index is 708. The van der Waals surface area contributed by atoms with E-state index < -0.39 is 0 Å². The van der Waals surface area contributed by atoms with Crippen molar-refractivity contribution in [3.8, 4) is 5.69 Å². The van der Waals surface area contributed by atoms with Gasteiger partial charge in [0.25, 0.3) is 0 Å². The van der Waals surface area contributed by atoms with Gasteiger partial charge in [-0.3, -0.25) is 4.79 Å². The summed E-state index contributed by atoms with van der Waals surface area (Å²) < 4.78 is 2.02. The second-order valence-corrected chi connectivity index (χ2v) is 7.17. The minimum atomic E-state index is 0.0253. The number of Topliss-reactive ketones (excluding diaryl/α,β-unsaturated/α-hetero) is 1. The van der Waals surface area contributed by atoms with Crippen LogP contribution in [0, 0.1) is 5.41 Å². The van der Waals surface area contributed by atoms with Crippen molar-refractivity contribution >= 4 is 5.78 Å². The van der Waals surface area contributed by atoms with Gasteiger partial charge in [0, 0.05) is 12.3 Å². The summed E-state index contributed by atoms with van der Waals surface area (Å²) in [6.45, 7) is 4.35. The molecule has 1 fully saturated rings. The summed E-state index contributed by atoms with van der Waals surface area (Å²) in [5.74, 6) is 0.791. The molecule has 0 spiro atoms. The summed E-state index contributed by atoms with van der Waals surface area (Å²) in [6, 6.07) is 10.2. The molecule has 0 unspecified atom stereocenters. The van der Waals surface area contributed by atoms with Gasteiger partial charge in [-0.25, -0.2) is 4.68 Å². The van der Waals surface area contributed by atoms with Crippen LogP contribution in [-0.2, 0) is 6.42 Å². The minimum absolute atomic E-state index is 0.0253. The van der Waals surface area contributed by atoms with Gasteiger partial charge in [-0.2, -0.15) is 5.10 Å². The Labute approximate surface area is 125 Å². The summed E-state index contributed by atoms with van der Waals surface area (Å²) >= 11 is 0. The van der Waals surface area contributed by atoms with E-state index in [-0.39, 0.29) is 11.2 Å². The van der Waals surface area contributed by atoms with E-state index in [1.54, 1.807) is 0 Å². The van der Waals surface area contributed by atoms with Crippen molar-refractivity contribution in [2.24, 2.45) is 5.41 Å². The number of carbonyl (C=O) groups is 1. The maximum absolute atomic E-state index is 12.6. The van der Waals surface area contributed by atoms with Crippen LogP contribution in [0.15, 0.2) is 30.3 Å². The standard InChI is InChI=1S/C18H20N2O/c1-18(2)10-14-16(15(21)11-18)17(12-8-9-12)19-20(14)13-6-4-3-5-7-13/h3-7,12H,8-11H2,1-2H3. The Kier molecular flexibility index (Phi) is 2.62. The molecule has 21 heavy (non-hydrogen) atoms. The molecule has 2 aliphatic rings. The first-order valence-corrected chi connectivity index (χ1v) is 7.76. The van der Waals surface area contributed by atoms with Crippen molar-refractivity contribution in [2.75, 3.05) is 0 Å². The third kappa shape index (κ3) is 2.11. The van der Waals surface area contributed by atoms with Gasteiger partial charge in [-0.15, -0.1) is 0 Å². The van der Waals surface area contributed by atoms with E-state index in [9.17, 15) is 4.79 Å². The van der Waals surface area contributed by atoms with E-state index in [4.69, 9.17) is 5.10 Å². The van der Waals surface area contributed by atoms with E-state index in [0.717, 1.165) is 29.1 Å². The SMILES string of the molecule is CC1(C)CC(=O)c2c(C3CC3)nn(-c3ccccc3)c2C1. The fourth-order valence-corrected chi connectivity index (χ4v) is 3.40. The highest BCUT2D eigenvalue weighted by atomic mass is 16.1. The van der Waals surface area contributed by atoms with E-state index in [0.29, 0.717) is 12.3 Å². The highest BCUT2D eigenvalue weighted by molar-refractivity contribution is 6.00. The number of fused-ring (bicyclic) bond motifs is 1. The van der Waals surface area contributed by atoms with Crippen LogP contribution in [0.4, 0.5) is 0 Å². The van der Waals surface area contributed by atoms with Gasteiger partial charge in [0.2, 0.25) is 0 Å². The first-order chi connectivity index (χ1) is 10.1. The molecule has 0 N–H and O–H groups in total. The summed E-state index contributed by atoms with van der Waals surface area (Å²) in [4.78, 5) is 12.6. The zero-order valence-corrected chi connectivity index (χ0v) is 12.6. The van der Waals surface area contributed by atoms with Gasteiger partial charge in [0.05, 0.1) is 22.6 Å². The fourth-order valence-electron chi connectivity index (χ4n) is 3.40. The van der Waals surface area contributed by atoms with Crippen molar-refractivity contribution in [1.29, 1.82) is 0 Å². The quantitative estimate of drug-likeness (QED) is 0.836. The van der Waals surface area contributed by atoms with Crippen molar-refractivity contribution in [3.63, 3.8) is 0 Å². The van der Waals surface area contributed by atoms with Crippen LogP contribution >= 0.6 is 0 Å². The number of para-hydroxylation sites is 1. The number of hydrogen-bond acceptors (Lipinski definition) is 2. The third-order valence-electron chi connectivity index (χ3n) is 4.54. The van der Waals surface area contributed by atoms with E-state index >= 15 is 0 Å². The van der Waals surface area contributed by atoms with Gasteiger partial charge in [0.15, 0.2) is 5.78 Å². The molecule has 0 bridgehead atoms. The number of hydrogen-bond donors (Lipinski definition) is 0. The minimum Gasteiger partial charge on any atom is -0.294 e. The van der Waals surface area contributed by atoms with Crippen molar-refractivity contribution in [2.45, 2.75) is 45.4 Å². The molecule has 3 heteroatoms. The maximum Gasteiger partial charge on any atom is 0.167 e. The Morgan fingerprint density at radius 1 is 1.14 bits per heavy atom. The number of benzene rings is 1. The summed E-state index contributed by atoms with van der Waals surface area (Å²) in [5, 5.41) is 4.84. The first-order valence-electron chi connectivity index (χ1n) is 7.76. The Morgan fingerprint density at radius 2 is 1.86 bits per heavy atom. The monoisotopic (exact) mass is 280 g/mol. The predicted molar refractivity (Wildman–Crippen MR) is 82.0 cm³/mol. The van der Waals surface area contributed by atoms with Crippen LogP contribution in [-0.4, -0.2) is 15.6 Å². The molecule has 108 valence electrons. The lowest BCUT2D eigenvalue weighted by molar-refractivity contribution is 0.0910. The summed E-state index contributed by atoms with van der Waals surface area (Å²) in [6.07, 6.45) is 3.91. The second-order valence-electron chi connectivity index (χ2n) is 7.17. The smallest absolute Gasteiger partial charge is 0.167 e. The highest BCUT2D eigenvalue weighted by Crippen LogP contribution is 2.45. The van der Waals surface area contributed by atoms with Crippen LogP contribution in [0.3, 0.4) is 0 Å². The molecule has 0 saturated heterocycles. The van der Waals surface area contributed by atoms with Crippen LogP contribution in [0.5, 0.6) is 0 Å². The number of carbonyl (C=O) groups excluding carboxylic acids is 1. The topological polar surface area (TPSA) is 34.9 Å². The Morgan fingerprint density at radius 3 is 2.52 bits per heavy atom. The number of ketones is 1. The molecular formula is C18H20N2O. The van der Waals surface area contributed by atoms with Gasteiger partial charge in [0.1, 0.15) is 0 Å². The molecule has 1 aromatic carbocycles. The largest absolute Gasteiger partial charge is 0.294 e. The second kappa shape index (κ2) is 4.30. The third-order valence-corrected chi connectivity index (χ3v) is 4.54. The molecular weight excluding hydrogens is 260 g/mol. The average Bonchev–Trinajstić information content (AvgIpc) is 3.20. The van der Waals surface area contributed by atoms with E-state index in [2.05, 4.69) is 26.0 Å². The van der Waals surface area contributed by atoms with Crippen LogP contribution in [0.25, 0.3) is 5.69 Å². The molecule has 2 aliphatic carbocycles. The zero-order valence-electron chi connectivity index (χ0n) is 12.6. The number of aromatic nitrogens is 2. The number of rotatable bonds is 2. The van der Waals surface area contributed by atoms with Crippen molar-refractivity contribution in [1.82, 2.24) is 9.78 Å². The zero-order chi connectivity index (χ0) is 14.6. The molecule has 0 amide bonds. The van der Waals surface area contributed by atoms with Crippen molar-refractivity contribution < 1.29 is 4.79 Å². The van der Waals surface area contributed by atoms with Gasteiger partial charge in [-0.05, 0) is 36.8 Å². The summed E-state index contributed by atoms with van der Waals surface area (Å²) in [7, 11) is 0. The lowest BCUT2D eigenvalue weighted by Gasteiger charge is -2.29. The maximum atomic E-state index is 12.6. The average molecular weight is 280 g/mol. The molecule has 4 rings (SSSR count). The first kappa shape index (κ1) is 12.8. The highest BCUT2D eigenvalue weighted by Gasteiger charge is 2.40. The van der Waals surface area contributed by atoms with E-state index in [1.807, 2.05) is 22.9 Å². The molecule has 3 nitrogen and oxygen atoms in total. The predicted octanol–water partition coefficient (Wildman–Crippen LogP) is 3.90. The van der Waals surface area contributed by atoms with Crippen LogP contribution in [0.1, 0.15) is 60.8 Å². The molecule has 1 heterocycles. The van der Waals surface area contributed by atoms with Gasteiger partial charge >= 0.3 is 0 Å². The van der Waals surface area contributed by atoms with Crippen molar-refractivity contribution in [3.05, 3.63) is 47.3 Å². The number of nitrogens with zero attached hydrogens (tertiary/aromatic N) is 2. The van der Waals surface area contributed by atoms with Crippen LogP contribution in [0.2, 0.25) is 0 Å². The van der Waals surface area contributed by atoms with E-state index in [1.165, 1.54) is 12.8 Å². The molecule has 1 saturated carbocycles.